The van der Waals surface area contributed by atoms with Crippen LogP contribution in [0.4, 0.5) is 11.9 Å². The van der Waals surface area contributed by atoms with Gasteiger partial charge < -0.3 is 29.1 Å². The van der Waals surface area contributed by atoms with Gasteiger partial charge in [0, 0.05) is 56.9 Å². The number of carbonyl (C=O) groups excluding carboxylic acids is 4. The van der Waals surface area contributed by atoms with Crippen LogP contribution in [0.1, 0.15) is 73.3 Å². The van der Waals surface area contributed by atoms with Crippen LogP contribution in [0.5, 0.6) is 11.5 Å². The molecule has 0 atom stereocenters. The molecule has 0 saturated carbocycles. The summed E-state index contributed by atoms with van der Waals surface area (Å²) in [7, 11) is 1.43. The number of hydroxylamine groups is 1. The highest BCUT2D eigenvalue weighted by atomic mass is 16.5. The normalized spacial score (nSPS) is 13.2. The summed E-state index contributed by atoms with van der Waals surface area (Å²) < 4.78 is 24.2. The van der Waals surface area contributed by atoms with Gasteiger partial charge in [0.25, 0.3) is 17.7 Å². The first kappa shape index (κ1) is 44.0. The molecule has 7 rings (SSSR count). The maximum atomic E-state index is 13.8. The predicted octanol–water partition coefficient (Wildman–Crippen LogP) is 3.52. The first-order chi connectivity index (χ1) is 30.4. The third kappa shape index (κ3) is 9.54. The number of nitrogens with one attached hydrogen (secondary N) is 3. The third-order valence-electron chi connectivity index (χ3n) is 10.5. The van der Waals surface area contributed by atoms with Gasteiger partial charge in [-0.1, -0.05) is 12.2 Å². The number of aryl methyl sites for hydroxylation is 4. The van der Waals surface area contributed by atoms with E-state index in [1.165, 1.54) is 19.2 Å². The second-order valence-electron chi connectivity index (χ2n) is 14.8. The number of morpholine rings is 1. The van der Waals surface area contributed by atoms with E-state index < -0.39 is 23.6 Å². The maximum Gasteiger partial charge on any atom is 0.276 e. The van der Waals surface area contributed by atoms with Crippen molar-refractivity contribution in [3.05, 3.63) is 82.5 Å². The molecule has 1 fully saturated rings. The molecule has 21 nitrogen and oxygen atoms in total. The molecule has 0 spiro atoms. The minimum Gasteiger partial charge on any atom is -0.494 e. The number of anilines is 2. The lowest BCUT2D eigenvalue weighted by molar-refractivity contribution is 0.0358. The van der Waals surface area contributed by atoms with E-state index in [2.05, 4.69) is 30.7 Å². The Morgan fingerprint density at radius 3 is 1.81 bits per heavy atom. The first-order valence-corrected chi connectivity index (χ1v) is 20.6. The van der Waals surface area contributed by atoms with Gasteiger partial charge in [0.05, 0.1) is 49.4 Å². The largest absolute Gasteiger partial charge is 0.494 e. The van der Waals surface area contributed by atoms with Crippen LogP contribution in [-0.2, 0) is 30.9 Å². The highest BCUT2D eigenvalue weighted by molar-refractivity contribution is 6.05. The van der Waals surface area contributed by atoms with Crippen molar-refractivity contribution in [2.75, 3.05) is 57.2 Å². The number of imidazole rings is 2. The molecule has 0 unspecified atom stereocenters. The van der Waals surface area contributed by atoms with Crippen LogP contribution in [0.15, 0.2) is 48.6 Å². The lowest BCUT2D eigenvalue weighted by Gasteiger charge is -2.26. The molecular weight excluding hydrogens is 815 g/mol. The van der Waals surface area contributed by atoms with E-state index in [9.17, 15) is 24.4 Å². The smallest absolute Gasteiger partial charge is 0.276 e. The number of methoxy groups -OCH3 is 1. The van der Waals surface area contributed by atoms with Gasteiger partial charge >= 0.3 is 0 Å². The van der Waals surface area contributed by atoms with Crippen LogP contribution in [0, 0.1) is 13.8 Å². The Hall–Kier alpha value is -7.10. The number of primary amides is 1. The van der Waals surface area contributed by atoms with Gasteiger partial charge in [-0.15, -0.1) is 0 Å². The molecule has 6 N–H and O–H groups in total. The van der Waals surface area contributed by atoms with Crippen LogP contribution >= 0.6 is 0 Å². The van der Waals surface area contributed by atoms with Crippen LogP contribution in [-0.4, -0.2) is 119 Å². The zero-order valence-corrected chi connectivity index (χ0v) is 35.8. The minimum absolute atomic E-state index is 0.0805. The molecule has 4 amide bonds. The fraction of sp³-hybridized carbons (Fsp3) is 0.381. The van der Waals surface area contributed by atoms with Crippen LogP contribution in [0.2, 0.25) is 0 Å². The second-order valence-corrected chi connectivity index (χ2v) is 14.8. The lowest BCUT2D eigenvalue weighted by atomic mass is 10.1. The Labute approximate surface area is 361 Å². The summed E-state index contributed by atoms with van der Waals surface area (Å²) in [5.41, 5.74) is 11.4. The number of hydrogen-bond donors (Lipinski definition) is 5. The molecule has 1 saturated heterocycles. The number of nitrogens with two attached hydrogens (primary N) is 1. The van der Waals surface area contributed by atoms with E-state index in [1.807, 2.05) is 26.0 Å². The topological polar surface area (TPSA) is 253 Å². The average Bonchev–Trinajstić information content (AvgIpc) is 4.05. The molecule has 0 bridgehead atoms. The number of amides is 4. The fourth-order valence-corrected chi connectivity index (χ4v) is 7.53. The fourth-order valence-electron chi connectivity index (χ4n) is 7.53. The van der Waals surface area contributed by atoms with Crippen molar-refractivity contribution in [2.45, 2.75) is 60.3 Å². The van der Waals surface area contributed by atoms with Crippen molar-refractivity contribution < 1.29 is 38.6 Å². The van der Waals surface area contributed by atoms with Crippen molar-refractivity contribution in [1.82, 2.24) is 49.0 Å². The first-order valence-electron chi connectivity index (χ1n) is 20.6. The van der Waals surface area contributed by atoms with Gasteiger partial charge in [-0.25, -0.2) is 15.4 Å². The number of nitrogens with zero attached hydrogens (tertiary/aromatic N) is 9. The van der Waals surface area contributed by atoms with Crippen molar-refractivity contribution in [3.63, 3.8) is 0 Å². The number of benzene rings is 2. The molecule has 6 aromatic rings. The Morgan fingerprint density at radius 2 is 1.30 bits per heavy atom. The Morgan fingerprint density at radius 1 is 0.778 bits per heavy atom. The van der Waals surface area contributed by atoms with Gasteiger partial charge in [0.2, 0.25) is 17.8 Å². The van der Waals surface area contributed by atoms with Gasteiger partial charge in [0.1, 0.15) is 33.9 Å². The molecular formula is C42H51N13O8. The molecule has 0 aliphatic carbocycles. The number of rotatable bonds is 18. The SMILES string of the molecule is CCn1nc(C)cc1C(=O)Nc1nc2cc(C(=O)NO)cc(OC)c2n1C/C=C/Cn1c(NC(=O)c2cc(C)nn2CC)nc2cc(C(N)=O)cc(OCCCN3CCOCC3)c21. The van der Waals surface area contributed by atoms with E-state index in [-0.39, 0.29) is 41.9 Å². The highest BCUT2D eigenvalue weighted by Crippen LogP contribution is 2.33. The van der Waals surface area contributed by atoms with Crippen LogP contribution in [0.3, 0.4) is 0 Å². The Balaban J connectivity index is 1.26. The lowest BCUT2D eigenvalue weighted by Crippen LogP contribution is -2.37. The summed E-state index contributed by atoms with van der Waals surface area (Å²) in [5.74, 6) is -1.38. The molecule has 63 heavy (non-hydrogen) atoms. The maximum absolute atomic E-state index is 13.8. The zero-order valence-electron chi connectivity index (χ0n) is 35.8. The molecule has 2 aromatic carbocycles. The minimum atomic E-state index is -0.773. The van der Waals surface area contributed by atoms with Gasteiger partial charge in [-0.3, -0.25) is 49.3 Å². The van der Waals surface area contributed by atoms with E-state index >= 15 is 0 Å². The molecule has 1 aliphatic heterocycles. The molecule has 332 valence electrons. The standard InChI is InChI=1S/C42H51N13O8/c1-6-54-31(19-25(3)48-54)39(58)46-41-45-30-22-28(38(57)50-60)24-33(61-5)35(30)52(41)12-8-9-13-53-36-29(44-42(53)47-40(59)32-20-26(4)49-55(32)7-2)21-27(37(43)56)23-34(36)63-16-10-11-51-14-17-62-18-15-51/h8-9,19-24,60H,6-7,10-18H2,1-5H3,(H2,43,56)(H,50,57)(H,44,47,59)(H,45,46,58)/b9-8+. The van der Waals surface area contributed by atoms with Crippen LogP contribution in [0.25, 0.3) is 22.1 Å². The summed E-state index contributed by atoms with van der Waals surface area (Å²) in [4.78, 5) is 64.3. The summed E-state index contributed by atoms with van der Waals surface area (Å²) in [6, 6.07) is 9.44. The van der Waals surface area contributed by atoms with Gasteiger partial charge in [0.15, 0.2) is 0 Å². The van der Waals surface area contributed by atoms with E-state index in [0.717, 1.165) is 19.6 Å². The van der Waals surface area contributed by atoms with Crippen molar-refractivity contribution >= 4 is 57.6 Å². The number of hydrogen-bond acceptors (Lipinski definition) is 13. The second kappa shape index (κ2) is 19.3. The number of ether oxygens (including phenoxy) is 3. The zero-order chi connectivity index (χ0) is 44.8. The summed E-state index contributed by atoms with van der Waals surface area (Å²) in [5, 5.41) is 24.0. The predicted molar refractivity (Wildman–Crippen MR) is 231 cm³/mol. The van der Waals surface area contributed by atoms with Crippen molar-refractivity contribution in [3.8, 4) is 11.5 Å². The molecule has 4 aromatic heterocycles. The number of fused-ring (bicyclic) bond motifs is 2. The summed E-state index contributed by atoms with van der Waals surface area (Å²) in [6.07, 6.45) is 4.38. The summed E-state index contributed by atoms with van der Waals surface area (Å²) in [6.45, 7) is 12.7. The number of allylic oxidation sites excluding steroid dienone is 2. The highest BCUT2D eigenvalue weighted by Gasteiger charge is 2.24. The van der Waals surface area contributed by atoms with E-state index in [1.54, 1.807) is 62.1 Å². The monoisotopic (exact) mass is 865 g/mol. The average molecular weight is 866 g/mol. The molecule has 0 radical (unpaired) electrons. The Kier molecular flexibility index (Phi) is 13.5. The number of aromatic nitrogens is 8. The van der Waals surface area contributed by atoms with E-state index in [4.69, 9.17) is 24.9 Å². The van der Waals surface area contributed by atoms with Crippen molar-refractivity contribution in [2.24, 2.45) is 5.73 Å². The summed E-state index contributed by atoms with van der Waals surface area (Å²) >= 11 is 0. The molecule has 21 heteroatoms. The van der Waals surface area contributed by atoms with Gasteiger partial charge in [-0.2, -0.15) is 10.2 Å². The third-order valence-corrected chi connectivity index (χ3v) is 10.5. The molecule has 5 heterocycles. The Bertz CT molecular complexity index is 2700. The van der Waals surface area contributed by atoms with E-state index in [0.29, 0.717) is 89.9 Å². The van der Waals surface area contributed by atoms with Crippen molar-refractivity contribution in [1.29, 1.82) is 0 Å². The van der Waals surface area contributed by atoms with Crippen LogP contribution < -0.4 is 31.3 Å². The molecule has 1 aliphatic rings. The van der Waals surface area contributed by atoms with Gasteiger partial charge in [-0.05, 0) is 70.5 Å². The number of carbonyl (C=O) groups is 4. The quantitative estimate of drug-likeness (QED) is 0.0359.